The quantitative estimate of drug-likeness (QED) is 0.850. The van der Waals surface area contributed by atoms with Gasteiger partial charge in [-0.1, -0.05) is 6.92 Å². The summed E-state index contributed by atoms with van der Waals surface area (Å²) in [6, 6.07) is 3.56. The van der Waals surface area contributed by atoms with Crippen LogP contribution in [0.4, 0.5) is 5.69 Å². The van der Waals surface area contributed by atoms with Crippen LogP contribution >= 0.6 is 0 Å². The maximum absolute atomic E-state index is 12.6. The molecule has 4 nitrogen and oxygen atoms in total. The number of nitrogens with two attached hydrogens (primary N) is 1. The number of anilines is 1. The van der Waals surface area contributed by atoms with Gasteiger partial charge in [0.05, 0.1) is 4.90 Å². The van der Waals surface area contributed by atoms with Crippen molar-refractivity contribution in [2.45, 2.75) is 44.6 Å². The van der Waals surface area contributed by atoms with Gasteiger partial charge in [-0.3, -0.25) is 0 Å². The van der Waals surface area contributed by atoms with E-state index in [1.54, 1.807) is 10.4 Å². The zero-order valence-corrected chi connectivity index (χ0v) is 11.9. The van der Waals surface area contributed by atoms with Gasteiger partial charge in [0, 0.05) is 18.3 Å². The first-order chi connectivity index (χ1) is 8.37. The molecule has 0 bridgehead atoms. The minimum Gasteiger partial charge on any atom is -0.399 e. The maximum atomic E-state index is 12.6. The van der Waals surface area contributed by atoms with Crippen molar-refractivity contribution in [2.24, 2.45) is 0 Å². The predicted molar refractivity (Wildman–Crippen MR) is 72.9 cm³/mol. The number of rotatable bonds is 4. The zero-order chi connectivity index (χ0) is 13.5. The van der Waals surface area contributed by atoms with Crippen LogP contribution in [-0.2, 0) is 10.0 Å². The number of nitrogen functional groups attached to an aromatic ring is 1. The van der Waals surface area contributed by atoms with Crippen LogP contribution in [0.3, 0.4) is 0 Å². The summed E-state index contributed by atoms with van der Waals surface area (Å²) in [5.41, 5.74) is 7.99. The average Bonchev–Trinajstić information content (AvgIpc) is 3.08. The summed E-state index contributed by atoms with van der Waals surface area (Å²) < 4.78 is 26.9. The van der Waals surface area contributed by atoms with Crippen molar-refractivity contribution in [1.82, 2.24) is 4.31 Å². The SMILES string of the molecule is CCN(C1CC1)S(=O)(=O)c1cc(N)cc(C)c1C. The van der Waals surface area contributed by atoms with Gasteiger partial charge in [0.1, 0.15) is 0 Å². The fourth-order valence-electron chi connectivity index (χ4n) is 2.24. The summed E-state index contributed by atoms with van der Waals surface area (Å²) >= 11 is 0. The van der Waals surface area contributed by atoms with E-state index in [9.17, 15) is 8.42 Å². The Morgan fingerprint density at radius 3 is 2.44 bits per heavy atom. The second kappa shape index (κ2) is 4.55. The maximum Gasteiger partial charge on any atom is 0.243 e. The smallest absolute Gasteiger partial charge is 0.243 e. The lowest BCUT2D eigenvalue weighted by Gasteiger charge is -2.22. The van der Waals surface area contributed by atoms with Crippen molar-refractivity contribution in [3.63, 3.8) is 0 Å². The summed E-state index contributed by atoms with van der Waals surface area (Å²) in [6.07, 6.45) is 1.93. The molecule has 1 saturated carbocycles. The molecule has 100 valence electrons. The van der Waals surface area contributed by atoms with Crippen LogP contribution in [0.2, 0.25) is 0 Å². The molecule has 1 aromatic carbocycles. The second-order valence-electron chi connectivity index (χ2n) is 4.90. The van der Waals surface area contributed by atoms with E-state index in [4.69, 9.17) is 5.73 Å². The Bertz CT molecular complexity index is 563. The molecule has 0 aromatic heterocycles. The summed E-state index contributed by atoms with van der Waals surface area (Å²) in [5.74, 6) is 0. The van der Waals surface area contributed by atoms with Gasteiger partial charge in [0.2, 0.25) is 10.0 Å². The van der Waals surface area contributed by atoms with E-state index in [2.05, 4.69) is 0 Å². The van der Waals surface area contributed by atoms with Crippen LogP contribution < -0.4 is 5.73 Å². The van der Waals surface area contributed by atoms with Gasteiger partial charge in [0.25, 0.3) is 0 Å². The fraction of sp³-hybridized carbons (Fsp3) is 0.538. The van der Waals surface area contributed by atoms with Crippen molar-refractivity contribution >= 4 is 15.7 Å². The van der Waals surface area contributed by atoms with Crippen LogP contribution in [0.25, 0.3) is 0 Å². The Morgan fingerprint density at radius 2 is 1.94 bits per heavy atom. The number of benzene rings is 1. The number of aryl methyl sites for hydroxylation is 1. The molecular formula is C13H20N2O2S. The zero-order valence-electron chi connectivity index (χ0n) is 11.1. The first-order valence-corrected chi connectivity index (χ1v) is 7.70. The van der Waals surface area contributed by atoms with Crippen LogP contribution in [-0.4, -0.2) is 25.3 Å². The van der Waals surface area contributed by atoms with Gasteiger partial charge in [0.15, 0.2) is 0 Å². The minimum absolute atomic E-state index is 0.182. The molecule has 0 unspecified atom stereocenters. The van der Waals surface area contributed by atoms with Gasteiger partial charge in [-0.15, -0.1) is 0 Å². The molecule has 0 heterocycles. The number of nitrogens with zero attached hydrogens (tertiary/aromatic N) is 1. The highest BCUT2D eigenvalue weighted by Gasteiger charge is 2.37. The first-order valence-electron chi connectivity index (χ1n) is 6.26. The third kappa shape index (κ3) is 2.24. The third-order valence-corrected chi connectivity index (χ3v) is 5.65. The normalized spacial score (nSPS) is 16.2. The molecule has 0 radical (unpaired) electrons. The van der Waals surface area contributed by atoms with E-state index in [1.807, 2.05) is 26.8 Å². The molecule has 1 fully saturated rings. The molecule has 18 heavy (non-hydrogen) atoms. The lowest BCUT2D eigenvalue weighted by atomic mass is 10.1. The fourth-order valence-corrected chi connectivity index (χ4v) is 4.26. The summed E-state index contributed by atoms with van der Waals surface area (Å²) in [7, 11) is -3.41. The molecule has 0 amide bonds. The van der Waals surface area contributed by atoms with Crippen LogP contribution in [0.5, 0.6) is 0 Å². The predicted octanol–water partition coefficient (Wildman–Crippen LogP) is 2.06. The molecule has 2 rings (SSSR count). The highest BCUT2D eigenvalue weighted by atomic mass is 32.2. The molecule has 1 aliphatic rings. The van der Waals surface area contributed by atoms with Crippen LogP contribution in [0.15, 0.2) is 17.0 Å². The van der Waals surface area contributed by atoms with E-state index in [0.717, 1.165) is 24.0 Å². The molecule has 0 atom stereocenters. The lowest BCUT2D eigenvalue weighted by Crippen LogP contribution is -2.33. The Balaban J connectivity index is 2.52. The largest absolute Gasteiger partial charge is 0.399 e. The van der Waals surface area contributed by atoms with Gasteiger partial charge in [-0.05, 0) is 49.9 Å². The minimum atomic E-state index is -3.41. The van der Waals surface area contributed by atoms with Crippen molar-refractivity contribution < 1.29 is 8.42 Å². The Kier molecular flexibility index (Phi) is 3.38. The van der Waals surface area contributed by atoms with Gasteiger partial charge in [-0.2, -0.15) is 4.31 Å². The molecule has 0 aliphatic heterocycles. The molecule has 2 N–H and O–H groups in total. The Morgan fingerprint density at radius 1 is 1.33 bits per heavy atom. The van der Waals surface area contributed by atoms with E-state index >= 15 is 0 Å². The summed E-state index contributed by atoms with van der Waals surface area (Å²) in [4.78, 5) is 0.355. The van der Waals surface area contributed by atoms with Gasteiger partial charge < -0.3 is 5.73 Å². The molecule has 5 heteroatoms. The van der Waals surface area contributed by atoms with E-state index in [1.165, 1.54) is 0 Å². The average molecular weight is 268 g/mol. The molecular weight excluding hydrogens is 248 g/mol. The number of hydrogen-bond acceptors (Lipinski definition) is 3. The molecule has 0 saturated heterocycles. The van der Waals surface area contributed by atoms with Crippen molar-refractivity contribution in [2.75, 3.05) is 12.3 Å². The second-order valence-corrected chi connectivity index (χ2v) is 6.76. The Labute approximate surface area is 109 Å². The monoisotopic (exact) mass is 268 g/mol. The van der Waals surface area contributed by atoms with Crippen LogP contribution in [0.1, 0.15) is 30.9 Å². The van der Waals surface area contributed by atoms with E-state index in [0.29, 0.717) is 17.1 Å². The van der Waals surface area contributed by atoms with Crippen LogP contribution in [0, 0.1) is 13.8 Å². The highest BCUT2D eigenvalue weighted by molar-refractivity contribution is 7.89. The number of sulfonamides is 1. The standard InChI is InChI=1S/C13H20N2O2S/c1-4-15(12-5-6-12)18(16,17)13-8-11(14)7-9(2)10(13)3/h7-8,12H,4-6,14H2,1-3H3. The number of hydrogen-bond donors (Lipinski definition) is 1. The third-order valence-electron chi connectivity index (χ3n) is 3.49. The van der Waals surface area contributed by atoms with Crippen molar-refractivity contribution in [3.8, 4) is 0 Å². The lowest BCUT2D eigenvalue weighted by molar-refractivity contribution is 0.420. The van der Waals surface area contributed by atoms with Crippen molar-refractivity contribution in [1.29, 1.82) is 0 Å². The van der Waals surface area contributed by atoms with E-state index < -0.39 is 10.0 Å². The topological polar surface area (TPSA) is 63.4 Å². The van der Waals surface area contributed by atoms with Crippen molar-refractivity contribution in [3.05, 3.63) is 23.3 Å². The molecule has 1 aromatic rings. The highest BCUT2D eigenvalue weighted by Crippen LogP contribution is 2.33. The van der Waals surface area contributed by atoms with Gasteiger partial charge in [-0.25, -0.2) is 8.42 Å². The molecule has 0 spiro atoms. The summed E-state index contributed by atoms with van der Waals surface area (Å²) in [6.45, 7) is 6.12. The first kappa shape index (κ1) is 13.4. The summed E-state index contributed by atoms with van der Waals surface area (Å²) in [5, 5.41) is 0. The Hall–Kier alpha value is -1.07. The van der Waals surface area contributed by atoms with E-state index in [-0.39, 0.29) is 6.04 Å². The van der Waals surface area contributed by atoms with Gasteiger partial charge >= 0.3 is 0 Å². The molecule has 1 aliphatic carbocycles.